The highest BCUT2D eigenvalue weighted by atomic mass is 35.5. The van der Waals surface area contributed by atoms with E-state index in [9.17, 15) is 4.79 Å². The summed E-state index contributed by atoms with van der Waals surface area (Å²) in [6, 6.07) is 20.4. The summed E-state index contributed by atoms with van der Waals surface area (Å²) in [5.74, 6) is 1.80. The number of hydrogen-bond acceptors (Lipinski definition) is 5. The van der Waals surface area contributed by atoms with Crippen molar-refractivity contribution in [2.24, 2.45) is 5.10 Å². The van der Waals surface area contributed by atoms with Crippen molar-refractivity contribution < 1.29 is 19.0 Å². The van der Waals surface area contributed by atoms with Crippen molar-refractivity contribution >= 4 is 23.7 Å². The molecule has 6 nitrogen and oxygen atoms in total. The van der Waals surface area contributed by atoms with Crippen LogP contribution in [0.3, 0.4) is 0 Å². The molecule has 3 aromatic rings. The van der Waals surface area contributed by atoms with E-state index in [0.717, 1.165) is 22.4 Å². The zero-order valence-electron chi connectivity index (χ0n) is 18.7. The smallest absolute Gasteiger partial charge is 0.244 e. The zero-order chi connectivity index (χ0) is 23.5. The van der Waals surface area contributed by atoms with Crippen LogP contribution in [0.25, 0.3) is 0 Å². The van der Waals surface area contributed by atoms with Crippen molar-refractivity contribution in [3.05, 3.63) is 88.4 Å². The number of nitrogens with zero attached hydrogens (tertiary/aromatic N) is 1. The molecule has 0 bridgehead atoms. The third-order valence-corrected chi connectivity index (χ3v) is 4.79. The minimum atomic E-state index is -0.207. The first-order valence-corrected chi connectivity index (χ1v) is 11.1. The third kappa shape index (κ3) is 7.84. The van der Waals surface area contributed by atoms with E-state index in [1.165, 1.54) is 0 Å². The van der Waals surface area contributed by atoms with Gasteiger partial charge in [0.15, 0.2) is 11.5 Å². The van der Waals surface area contributed by atoms with E-state index >= 15 is 0 Å². The summed E-state index contributed by atoms with van der Waals surface area (Å²) < 4.78 is 17.0. The van der Waals surface area contributed by atoms with Gasteiger partial charge < -0.3 is 14.2 Å². The van der Waals surface area contributed by atoms with E-state index in [1.807, 2.05) is 80.6 Å². The second-order valence-corrected chi connectivity index (χ2v) is 7.54. The molecule has 33 heavy (non-hydrogen) atoms. The van der Waals surface area contributed by atoms with Gasteiger partial charge in [-0.2, -0.15) is 5.10 Å². The molecule has 0 unspecified atom stereocenters. The van der Waals surface area contributed by atoms with Crippen LogP contribution in [0.1, 0.15) is 30.5 Å². The molecule has 3 aromatic carbocycles. The van der Waals surface area contributed by atoms with Crippen LogP contribution in [0.4, 0.5) is 0 Å². The molecule has 3 rings (SSSR count). The normalized spacial score (nSPS) is 10.8. The van der Waals surface area contributed by atoms with Crippen molar-refractivity contribution in [2.75, 3.05) is 13.2 Å². The van der Waals surface area contributed by atoms with Gasteiger partial charge in [0.25, 0.3) is 0 Å². The van der Waals surface area contributed by atoms with Crippen molar-refractivity contribution in [2.45, 2.75) is 26.9 Å². The van der Waals surface area contributed by atoms with Crippen LogP contribution < -0.4 is 19.6 Å². The van der Waals surface area contributed by atoms with Crippen LogP contribution >= 0.6 is 11.6 Å². The molecule has 0 saturated heterocycles. The highest BCUT2D eigenvalue weighted by Gasteiger charge is 2.07. The maximum atomic E-state index is 12.2. The molecule has 0 atom stereocenters. The molecule has 1 amide bonds. The third-order valence-electron chi connectivity index (χ3n) is 4.55. The van der Waals surface area contributed by atoms with Crippen molar-refractivity contribution in [1.29, 1.82) is 0 Å². The average Bonchev–Trinajstić information content (AvgIpc) is 2.80. The van der Waals surface area contributed by atoms with E-state index in [4.69, 9.17) is 25.8 Å². The Balaban J connectivity index is 1.57. The second kappa shape index (κ2) is 12.5. The molecule has 172 valence electrons. The molecule has 0 heterocycles. The number of hydrazone groups is 1. The maximum Gasteiger partial charge on any atom is 0.244 e. The lowest BCUT2D eigenvalue weighted by Crippen LogP contribution is -2.19. The Bertz CT molecular complexity index is 1080. The fraction of sp³-hybridized carbons (Fsp3) is 0.231. The Morgan fingerprint density at radius 2 is 1.70 bits per heavy atom. The van der Waals surface area contributed by atoms with Gasteiger partial charge in [-0.1, -0.05) is 35.9 Å². The summed E-state index contributed by atoms with van der Waals surface area (Å²) in [6.07, 6.45) is 1.80. The van der Waals surface area contributed by atoms with Crippen LogP contribution in [0.5, 0.6) is 17.2 Å². The van der Waals surface area contributed by atoms with Crippen LogP contribution in [0.15, 0.2) is 71.8 Å². The standard InChI is InChI=1S/C26H27ClN2O4/c1-3-31-23-11-8-19(9-12-23)16-26(30)29-28-17-20-10-13-24(25(15-20)32-4-2)33-18-21-6-5-7-22(27)14-21/h5-15,17H,3-4,16,18H2,1-2H3,(H,29,30)/b28-17-. The average molecular weight is 467 g/mol. The fourth-order valence-corrected chi connectivity index (χ4v) is 3.27. The Kier molecular flexibility index (Phi) is 9.15. The van der Waals surface area contributed by atoms with Gasteiger partial charge in [-0.25, -0.2) is 5.43 Å². The number of rotatable bonds is 11. The lowest BCUT2D eigenvalue weighted by molar-refractivity contribution is -0.120. The molecule has 0 spiro atoms. The summed E-state index contributed by atoms with van der Waals surface area (Å²) >= 11 is 6.03. The van der Waals surface area contributed by atoms with Gasteiger partial charge in [0.05, 0.1) is 25.8 Å². The predicted molar refractivity (Wildman–Crippen MR) is 130 cm³/mol. The summed E-state index contributed by atoms with van der Waals surface area (Å²) in [5, 5.41) is 4.72. The number of nitrogens with one attached hydrogen (secondary N) is 1. The monoisotopic (exact) mass is 466 g/mol. The number of carbonyl (C=O) groups excluding carboxylic acids is 1. The molecular weight excluding hydrogens is 440 g/mol. The number of ether oxygens (including phenoxy) is 3. The Morgan fingerprint density at radius 1 is 0.909 bits per heavy atom. The minimum Gasteiger partial charge on any atom is -0.494 e. The Labute approximate surface area is 199 Å². The molecule has 0 aromatic heterocycles. The molecule has 0 fully saturated rings. The fourth-order valence-electron chi connectivity index (χ4n) is 3.05. The van der Waals surface area contributed by atoms with Gasteiger partial charge >= 0.3 is 0 Å². The first-order chi connectivity index (χ1) is 16.1. The first kappa shape index (κ1) is 24.1. The zero-order valence-corrected chi connectivity index (χ0v) is 19.5. The molecule has 1 N–H and O–H groups in total. The van der Waals surface area contributed by atoms with Gasteiger partial charge in [-0.05, 0) is 73.0 Å². The molecule has 7 heteroatoms. The van der Waals surface area contributed by atoms with E-state index in [1.54, 1.807) is 6.21 Å². The predicted octanol–water partition coefficient (Wildman–Crippen LogP) is 5.41. The SMILES string of the molecule is CCOc1ccc(CC(=O)N/N=C\c2ccc(OCc3cccc(Cl)c3)c(OCC)c2)cc1. The summed E-state index contributed by atoms with van der Waals surface area (Å²) in [7, 11) is 0. The number of amides is 1. The number of carbonyl (C=O) groups is 1. The van der Waals surface area contributed by atoms with Crippen LogP contribution in [0.2, 0.25) is 5.02 Å². The Hall–Kier alpha value is -3.51. The van der Waals surface area contributed by atoms with Gasteiger partial charge in [0.1, 0.15) is 12.4 Å². The lowest BCUT2D eigenvalue weighted by atomic mass is 10.1. The van der Waals surface area contributed by atoms with Gasteiger partial charge in [-0.3, -0.25) is 4.79 Å². The van der Waals surface area contributed by atoms with Gasteiger partial charge in [0.2, 0.25) is 5.91 Å². The van der Waals surface area contributed by atoms with Gasteiger partial charge in [0, 0.05) is 5.02 Å². The van der Waals surface area contributed by atoms with E-state index in [2.05, 4.69) is 10.5 Å². The Morgan fingerprint density at radius 3 is 2.42 bits per heavy atom. The summed E-state index contributed by atoms with van der Waals surface area (Å²) in [6.45, 7) is 5.30. The van der Waals surface area contributed by atoms with E-state index < -0.39 is 0 Å². The molecule has 0 aliphatic rings. The highest BCUT2D eigenvalue weighted by Crippen LogP contribution is 2.29. The summed E-state index contributed by atoms with van der Waals surface area (Å²) in [5.41, 5.74) is 5.17. The topological polar surface area (TPSA) is 69.2 Å². The molecule has 0 radical (unpaired) electrons. The largest absolute Gasteiger partial charge is 0.494 e. The number of benzene rings is 3. The first-order valence-electron chi connectivity index (χ1n) is 10.7. The van der Waals surface area contributed by atoms with Gasteiger partial charge in [-0.15, -0.1) is 0 Å². The second-order valence-electron chi connectivity index (χ2n) is 7.10. The van der Waals surface area contributed by atoms with Crippen LogP contribution in [-0.4, -0.2) is 25.3 Å². The van der Waals surface area contributed by atoms with E-state index in [0.29, 0.717) is 36.3 Å². The van der Waals surface area contributed by atoms with Crippen molar-refractivity contribution in [3.63, 3.8) is 0 Å². The molecule has 0 aliphatic carbocycles. The van der Waals surface area contributed by atoms with E-state index in [-0.39, 0.29) is 12.3 Å². The molecular formula is C26H27ClN2O4. The maximum absolute atomic E-state index is 12.2. The molecule has 0 saturated carbocycles. The highest BCUT2D eigenvalue weighted by molar-refractivity contribution is 6.30. The molecule has 0 aliphatic heterocycles. The number of hydrogen-bond donors (Lipinski definition) is 1. The summed E-state index contributed by atoms with van der Waals surface area (Å²) in [4.78, 5) is 12.2. The van der Waals surface area contributed by atoms with Crippen molar-refractivity contribution in [3.8, 4) is 17.2 Å². The van der Waals surface area contributed by atoms with Crippen LogP contribution in [-0.2, 0) is 17.8 Å². The minimum absolute atomic E-state index is 0.207. The lowest BCUT2D eigenvalue weighted by Gasteiger charge is -2.12. The van der Waals surface area contributed by atoms with Crippen LogP contribution in [0, 0.1) is 0 Å². The number of halogens is 1. The van der Waals surface area contributed by atoms with Crippen molar-refractivity contribution in [1.82, 2.24) is 5.43 Å². The quantitative estimate of drug-likeness (QED) is 0.303.